The summed E-state index contributed by atoms with van der Waals surface area (Å²) in [5.74, 6) is 0.153. The van der Waals surface area contributed by atoms with Crippen molar-refractivity contribution < 1.29 is 4.79 Å². The van der Waals surface area contributed by atoms with Gasteiger partial charge in [-0.1, -0.05) is 35.3 Å². The normalized spacial score (nSPS) is 14.1. The van der Waals surface area contributed by atoms with Crippen LogP contribution < -0.4 is 21.5 Å². The minimum atomic E-state index is -0.436. The van der Waals surface area contributed by atoms with Crippen molar-refractivity contribution in [2.75, 3.05) is 18.4 Å². The van der Waals surface area contributed by atoms with Crippen LogP contribution in [0.4, 0.5) is 11.6 Å². The molecule has 1 saturated heterocycles. The average Bonchev–Trinajstić information content (AvgIpc) is 2.87. The maximum atomic E-state index is 13.2. The van der Waals surface area contributed by atoms with Gasteiger partial charge in [0, 0.05) is 23.5 Å². The molecule has 1 aliphatic rings. The molecule has 0 bridgehead atoms. The van der Waals surface area contributed by atoms with E-state index in [4.69, 9.17) is 23.2 Å². The topological polar surface area (TPSA) is 114 Å². The molecule has 36 heavy (non-hydrogen) atoms. The first kappa shape index (κ1) is 24.2. The molecule has 0 saturated carbocycles. The van der Waals surface area contributed by atoms with E-state index in [9.17, 15) is 9.59 Å². The van der Waals surface area contributed by atoms with E-state index in [1.165, 1.54) is 10.9 Å². The number of nitrogens with zero attached hydrogens (tertiary/aromatic N) is 4. The quantitative estimate of drug-likeness (QED) is 0.362. The smallest absolute Gasteiger partial charge is 0.282 e. The second kappa shape index (κ2) is 10.2. The molecule has 0 spiro atoms. The monoisotopic (exact) mass is 523 g/mol. The molecular formula is C25H23Cl2N7O2. The Labute approximate surface area is 216 Å². The van der Waals surface area contributed by atoms with Crippen molar-refractivity contribution in [2.24, 2.45) is 0 Å². The van der Waals surface area contributed by atoms with Crippen LogP contribution in [0.5, 0.6) is 0 Å². The third-order valence-corrected chi connectivity index (χ3v) is 6.62. The highest BCUT2D eigenvalue weighted by molar-refractivity contribution is 6.37. The second-order valence-corrected chi connectivity index (χ2v) is 9.35. The van der Waals surface area contributed by atoms with Gasteiger partial charge in [0.2, 0.25) is 5.95 Å². The number of hydrogen-bond donors (Lipinski definition) is 3. The van der Waals surface area contributed by atoms with Gasteiger partial charge in [-0.05, 0) is 63.2 Å². The van der Waals surface area contributed by atoms with E-state index >= 15 is 0 Å². The number of anilines is 2. The predicted molar refractivity (Wildman–Crippen MR) is 141 cm³/mol. The second-order valence-electron chi connectivity index (χ2n) is 8.53. The van der Waals surface area contributed by atoms with Gasteiger partial charge in [-0.15, -0.1) is 0 Å². The van der Waals surface area contributed by atoms with Gasteiger partial charge in [0.1, 0.15) is 11.2 Å². The fourth-order valence-corrected chi connectivity index (χ4v) is 4.73. The number of hydrogen-bond acceptors (Lipinski definition) is 7. The maximum Gasteiger partial charge on any atom is 0.282 e. The third kappa shape index (κ3) is 4.90. The van der Waals surface area contributed by atoms with Gasteiger partial charge in [0.15, 0.2) is 0 Å². The lowest BCUT2D eigenvalue weighted by atomic mass is 10.1. The molecule has 9 nitrogen and oxygen atoms in total. The van der Waals surface area contributed by atoms with Crippen molar-refractivity contribution in [1.82, 2.24) is 30.4 Å². The number of aromatic nitrogens is 4. The fraction of sp³-hybridized carbons (Fsp3) is 0.240. The van der Waals surface area contributed by atoms with E-state index in [1.54, 1.807) is 43.3 Å². The molecule has 184 valence electrons. The van der Waals surface area contributed by atoms with Gasteiger partial charge in [0.25, 0.3) is 11.5 Å². The lowest BCUT2D eigenvalue weighted by Gasteiger charge is -2.23. The number of aryl methyl sites for hydroxylation is 1. The largest absolute Gasteiger partial charge is 0.349 e. The van der Waals surface area contributed by atoms with Crippen LogP contribution in [0.1, 0.15) is 28.9 Å². The number of para-hydroxylation sites is 1. The maximum absolute atomic E-state index is 13.2. The van der Waals surface area contributed by atoms with Crippen LogP contribution >= 0.6 is 23.2 Å². The summed E-state index contributed by atoms with van der Waals surface area (Å²) < 4.78 is 1.17. The Balaban J connectivity index is 1.42. The van der Waals surface area contributed by atoms with Crippen molar-refractivity contribution in [1.29, 1.82) is 0 Å². The number of amides is 1. The number of carbonyl (C=O) groups excluding carboxylic acids is 1. The zero-order valence-corrected chi connectivity index (χ0v) is 20.9. The van der Waals surface area contributed by atoms with E-state index in [2.05, 4.69) is 31.0 Å². The van der Waals surface area contributed by atoms with Gasteiger partial charge >= 0.3 is 0 Å². The van der Waals surface area contributed by atoms with Crippen molar-refractivity contribution in [3.05, 3.63) is 80.3 Å². The number of carbonyl (C=O) groups is 1. The van der Waals surface area contributed by atoms with Gasteiger partial charge < -0.3 is 16.0 Å². The van der Waals surface area contributed by atoms with Gasteiger partial charge in [0.05, 0.1) is 21.1 Å². The predicted octanol–water partition coefficient (Wildman–Crippen LogP) is 4.02. The van der Waals surface area contributed by atoms with Gasteiger partial charge in [-0.3, -0.25) is 9.59 Å². The zero-order chi connectivity index (χ0) is 25.2. The molecule has 1 amide bonds. The lowest BCUT2D eigenvalue weighted by molar-refractivity contribution is 0.0929. The number of halogens is 2. The molecule has 1 aliphatic heterocycles. The first-order valence-corrected chi connectivity index (χ1v) is 12.3. The first-order valence-electron chi connectivity index (χ1n) is 11.5. The van der Waals surface area contributed by atoms with Crippen LogP contribution in [-0.4, -0.2) is 44.8 Å². The van der Waals surface area contributed by atoms with Crippen LogP contribution in [-0.2, 0) is 0 Å². The summed E-state index contributed by atoms with van der Waals surface area (Å²) >= 11 is 12.6. The summed E-state index contributed by atoms with van der Waals surface area (Å²) in [5, 5.41) is 14.8. The van der Waals surface area contributed by atoms with E-state index in [0.717, 1.165) is 25.9 Å². The van der Waals surface area contributed by atoms with Crippen molar-refractivity contribution in [2.45, 2.75) is 25.8 Å². The molecule has 0 aliphatic carbocycles. The number of nitrogens with one attached hydrogen (secondary N) is 3. The highest BCUT2D eigenvalue weighted by Crippen LogP contribution is 2.27. The minimum absolute atomic E-state index is 0.121. The van der Waals surface area contributed by atoms with Crippen LogP contribution in [0.15, 0.2) is 53.5 Å². The Hall–Kier alpha value is -3.53. The molecule has 0 unspecified atom stereocenters. The van der Waals surface area contributed by atoms with Gasteiger partial charge in [-0.2, -0.15) is 9.78 Å². The highest BCUT2D eigenvalue weighted by atomic mass is 35.5. The van der Waals surface area contributed by atoms with Crippen LogP contribution in [0.3, 0.4) is 0 Å². The summed E-state index contributed by atoms with van der Waals surface area (Å²) in [6, 6.07) is 12.3. The molecule has 2 aromatic carbocycles. The number of fused-ring (bicyclic) bond motifs is 1. The molecule has 3 N–H and O–H groups in total. The van der Waals surface area contributed by atoms with E-state index in [1.807, 2.05) is 6.07 Å². The van der Waals surface area contributed by atoms with E-state index in [-0.39, 0.29) is 23.3 Å². The summed E-state index contributed by atoms with van der Waals surface area (Å²) in [5.41, 5.74) is 1.95. The van der Waals surface area contributed by atoms with Crippen LogP contribution in [0.2, 0.25) is 10.0 Å². The highest BCUT2D eigenvalue weighted by Gasteiger charge is 2.18. The summed E-state index contributed by atoms with van der Waals surface area (Å²) in [4.78, 5) is 34.7. The fourth-order valence-electron chi connectivity index (χ4n) is 4.18. The molecule has 4 aromatic rings. The summed E-state index contributed by atoms with van der Waals surface area (Å²) in [6.07, 6.45) is 3.26. The van der Waals surface area contributed by atoms with Crippen molar-refractivity contribution in [3.63, 3.8) is 0 Å². The van der Waals surface area contributed by atoms with E-state index < -0.39 is 5.56 Å². The van der Waals surface area contributed by atoms with Crippen LogP contribution in [0.25, 0.3) is 16.6 Å². The Bertz CT molecular complexity index is 1500. The van der Waals surface area contributed by atoms with E-state index in [0.29, 0.717) is 38.2 Å². The molecule has 2 aromatic heterocycles. The van der Waals surface area contributed by atoms with Crippen molar-refractivity contribution >= 4 is 51.6 Å². The number of rotatable bonds is 5. The molecular weight excluding hydrogens is 501 g/mol. The Morgan fingerprint density at radius 1 is 1.11 bits per heavy atom. The molecule has 5 rings (SSSR count). The minimum Gasteiger partial charge on any atom is -0.349 e. The standard InChI is InChI=1S/C25H23Cl2N7O2/c1-14-21-18(24(36)34(33-14)22-19(26)6-3-7-20(22)27)13-29-25(32-21)31-17-5-2-4-15(12-17)23(35)30-16-8-10-28-11-9-16/h2-7,12-13,16,28H,8-11H2,1H3,(H,30,35)(H,29,31,32). The average molecular weight is 524 g/mol. The van der Waals surface area contributed by atoms with Crippen LogP contribution in [0, 0.1) is 6.92 Å². The Morgan fingerprint density at radius 3 is 2.58 bits per heavy atom. The molecule has 1 fully saturated rings. The lowest BCUT2D eigenvalue weighted by Crippen LogP contribution is -2.42. The zero-order valence-electron chi connectivity index (χ0n) is 19.4. The van der Waals surface area contributed by atoms with Crippen molar-refractivity contribution in [3.8, 4) is 5.69 Å². The Kier molecular flexibility index (Phi) is 6.86. The molecule has 11 heteroatoms. The molecule has 3 heterocycles. The first-order chi connectivity index (χ1) is 17.4. The molecule has 0 radical (unpaired) electrons. The SMILES string of the molecule is Cc1nn(-c2c(Cl)cccc2Cl)c(=O)c2cnc(Nc3cccc(C(=O)NC4CCNCC4)c3)nc12. The summed E-state index contributed by atoms with van der Waals surface area (Å²) in [6.45, 7) is 3.54. The number of piperidine rings is 1. The summed E-state index contributed by atoms with van der Waals surface area (Å²) in [7, 11) is 0. The van der Waals surface area contributed by atoms with Gasteiger partial charge in [-0.25, -0.2) is 9.97 Å². The number of benzene rings is 2. The molecule has 0 atom stereocenters. The third-order valence-electron chi connectivity index (χ3n) is 6.01. The Morgan fingerprint density at radius 2 is 1.83 bits per heavy atom.